The number of benzene rings is 1. The molecule has 0 atom stereocenters. The maximum Gasteiger partial charge on any atom is 0.220 e. The Balaban J connectivity index is 1.58. The molecular weight excluding hydrogens is 360 g/mol. The monoisotopic (exact) mass is 384 g/mol. The number of carbonyl (C=O) groups excluding carboxylic acids is 1. The third-order valence-corrected chi connectivity index (χ3v) is 5.78. The second-order valence-electron chi connectivity index (χ2n) is 6.24. The van der Waals surface area contributed by atoms with Crippen molar-refractivity contribution in [3.05, 3.63) is 28.7 Å². The van der Waals surface area contributed by atoms with Crippen molar-refractivity contribution in [1.82, 2.24) is 10.6 Å². The van der Waals surface area contributed by atoms with Gasteiger partial charge < -0.3 is 10.6 Å². The fourth-order valence-electron chi connectivity index (χ4n) is 2.56. The Bertz CT molecular complexity index is 472. The van der Waals surface area contributed by atoms with Crippen LogP contribution in [0.5, 0.6) is 0 Å². The van der Waals surface area contributed by atoms with E-state index < -0.39 is 0 Å². The van der Waals surface area contributed by atoms with Crippen molar-refractivity contribution in [3.63, 3.8) is 0 Å². The van der Waals surface area contributed by atoms with Crippen molar-refractivity contribution in [2.45, 2.75) is 37.5 Å². The summed E-state index contributed by atoms with van der Waals surface area (Å²) in [6.07, 6.45) is 3.84. The summed E-state index contributed by atoms with van der Waals surface area (Å²) in [6, 6.07) is 8.31. The quantitative estimate of drug-likeness (QED) is 0.554. The average molecular weight is 385 g/mol. The molecule has 5 heteroatoms. The van der Waals surface area contributed by atoms with Crippen LogP contribution in [0.25, 0.3) is 0 Å². The van der Waals surface area contributed by atoms with Gasteiger partial charge in [0.05, 0.1) is 0 Å². The van der Waals surface area contributed by atoms with Gasteiger partial charge in [-0.25, -0.2) is 0 Å². The predicted octanol–water partition coefficient (Wildman–Crippen LogP) is 3.83. The van der Waals surface area contributed by atoms with E-state index in [2.05, 4.69) is 57.8 Å². The first kappa shape index (κ1) is 17.8. The van der Waals surface area contributed by atoms with Gasteiger partial charge in [0.1, 0.15) is 0 Å². The number of rotatable bonds is 7. The zero-order valence-corrected chi connectivity index (χ0v) is 15.6. The van der Waals surface area contributed by atoms with Gasteiger partial charge in [0.15, 0.2) is 0 Å². The molecule has 0 bridgehead atoms. The summed E-state index contributed by atoms with van der Waals surface area (Å²) in [7, 11) is 0. The fourth-order valence-corrected chi connectivity index (χ4v) is 3.68. The van der Waals surface area contributed by atoms with Gasteiger partial charge in [-0.3, -0.25) is 4.79 Å². The Hall–Kier alpha value is -0.520. The lowest BCUT2D eigenvalue weighted by atomic mass is 9.81. The molecule has 0 aliphatic carbocycles. The Morgan fingerprint density at radius 3 is 2.68 bits per heavy atom. The van der Waals surface area contributed by atoms with E-state index in [0.717, 1.165) is 49.1 Å². The van der Waals surface area contributed by atoms with E-state index in [-0.39, 0.29) is 11.3 Å². The Labute approximate surface area is 146 Å². The molecule has 1 aliphatic heterocycles. The van der Waals surface area contributed by atoms with Crippen LogP contribution in [0, 0.1) is 5.41 Å². The zero-order chi connectivity index (χ0) is 15.8. The van der Waals surface area contributed by atoms with Crippen molar-refractivity contribution in [3.8, 4) is 0 Å². The highest BCUT2D eigenvalue weighted by molar-refractivity contribution is 9.10. The largest absolute Gasteiger partial charge is 0.356 e. The molecular formula is C17H25BrN2OS. The van der Waals surface area contributed by atoms with Crippen LogP contribution in [-0.2, 0) is 4.79 Å². The van der Waals surface area contributed by atoms with Crippen LogP contribution in [0.2, 0.25) is 0 Å². The second-order valence-corrected chi connectivity index (χ2v) is 8.33. The van der Waals surface area contributed by atoms with Crippen LogP contribution >= 0.6 is 27.7 Å². The number of thioether (sulfide) groups is 1. The Kier molecular flexibility index (Phi) is 7.25. The van der Waals surface area contributed by atoms with E-state index in [1.54, 1.807) is 0 Å². The topological polar surface area (TPSA) is 41.1 Å². The minimum Gasteiger partial charge on any atom is -0.356 e. The third-order valence-electron chi connectivity index (χ3n) is 4.15. The number of hydrogen-bond acceptors (Lipinski definition) is 3. The molecule has 1 amide bonds. The maximum absolute atomic E-state index is 11.9. The van der Waals surface area contributed by atoms with E-state index in [4.69, 9.17) is 0 Å². The number of carbonyl (C=O) groups is 1. The van der Waals surface area contributed by atoms with E-state index in [1.807, 2.05) is 11.8 Å². The van der Waals surface area contributed by atoms with Crippen molar-refractivity contribution < 1.29 is 4.79 Å². The van der Waals surface area contributed by atoms with Gasteiger partial charge in [-0.15, -0.1) is 11.8 Å². The molecule has 3 nitrogen and oxygen atoms in total. The predicted molar refractivity (Wildman–Crippen MR) is 97.3 cm³/mol. The molecule has 0 radical (unpaired) electrons. The highest BCUT2D eigenvalue weighted by Crippen LogP contribution is 2.26. The third kappa shape index (κ3) is 6.31. The minimum absolute atomic E-state index is 0.191. The van der Waals surface area contributed by atoms with E-state index in [1.165, 1.54) is 4.90 Å². The summed E-state index contributed by atoms with van der Waals surface area (Å²) < 4.78 is 1.10. The summed E-state index contributed by atoms with van der Waals surface area (Å²) in [5.41, 5.74) is 0.271. The van der Waals surface area contributed by atoms with Crippen LogP contribution in [0.15, 0.2) is 33.6 Å². The first-order chi connectivity index (χ1) is 10.6. The summed E-state index contributed by atoms with van der Waals surface area (Å²) >= 11 is 5.24. The summed E-state index contributed by atoms with van der Waals surface area (Å²) in [4.78, 5) is 13.2. The molecule has 2 rings (SSSR count). The molecule has 1 aromatic carbocycles. The second kappa shape index (κ2) is 8.94. The van der Waals surface area contributed by atoms with Crippen LogP contribution in [-0.4, -0.2) is 31.3 Å². The van der Waals surface area contributed by atoms with Gasteiger partial charge in [-0.05, 0) is 67.8 Å². The van der Waals surface area contributed by atoms with E-state index in [0.29, 0.717) is 6.42 Å². The highest BCUT2D eigenvalue weighted by atomic mass is 79.9. The molecule has 1 saturated heterocycles. The van der Waals surface area contributed by atoms with Crippen LogP contribution < -0.4 is 10.6 Å². The molecule has 1 aromatic rings. The number of halogens is 1. The Morgan fingerprint density at radius 2 is 2.00 bits per heavy atom. The molecule has 2 N–H and O–H groups in total. The molecule has 122 valence electrons. The Morgan fingerprint density at radius 1 is 1.32 bits per heavy atom. The van der Waals surface area contributed by atoms with Crippen molar-refractivity contribution in [2.75, 3.05) is 25.4 Å². The van der Waals surface area contributed by atoms with Gasteiger partial charge in [0.25, 0.3) is 0 Å². The fraction of sp³-hybridized carbons (Fsp3) is 0.588. The van der Waals surface area contributed by atoms with Crippen molar-refractivity contribution in [1.29, 1.82) is 0 Å². The molecule has 0 spiro atoms. The lowest BCUT2D eigenvalue weighted by molar-refractivity contribution is -0.121. The summed E-state index contributed by atoms with van der Waals surface area (Å²) in [5, 5.41) is 6.49. The molecule has 0 saturated carbocycles. The number of amides is 1. The van der Waals surface area contributed by atoms with Crippen LogP contribution in [0.3, 0.4) is 0 Å². The lowest BCUT2D eigenvalue weighted by Crippen LogP contribution is -2.42. The van der Waals surface area contributed by atoms with Gasteiger partial charge in [-0.2, -0.15) is 0 Å². The molecule has 0 unspecified atom stereocenters. The number of hydrogen-bond donors (Lipinski definition) is 2. The number of nitrogens with one attached hydrogen (secondary N) is 2. The standard InChI is InChI=1S/C17H25BrN2OS/c1-17(8-10-19-11-9-17)13-20-16(21)3-2-12-22-15-6-4-14(18)5-7-15/h4-7,19H,2-3,8-13H2,1H3,(H,20,21). The lowest BCUT2D eigenvalue weighted by Gasteiger charge is -2.34. The average Bonchev–Trinajstić information content (AvgIpc) is 2.52. The molecule has 1 heterocycles. The van der Waals surface area contributed by atoms with Gasteiger partial charge >= 0.3 is 0 Å². The maximum atomic E-state index is 11.9. The summed E-state index contributed by atoms with van der Waals surface area (Å²) in [6.45, 7) is 5.22. The van der Waals surface area contributed by atoms with Gasteiger partial charge in [-0.1, -0.05) is 22.9 Å². The highest BCUT2D eigenvalue weighted by Gasteiger charge is 2.26. The summed E-state index contributed by atoms with van der Waals surface area (Å²) in [5.74, 6) is 1.17. The normalized spacial score (nSPS) is 17.2. The molecule has 1 aliphatic rings. The number of piperidine rings is 1. The zero-order valence-electron chi connectivity index (χ0n) is 13.2. The first-order valence-corrected chi connectivity index (χ1v) is 9.71. The first-order valence-electron chi connectivity index (χ1n) is 7.93. The molecule has 22 heavy (non-hydrogen) atoms. The molecule has 1 fully saturated rings. The van der Waals surface area contributed by atoms with Crippen molar-refractivity contribution >= 4 is 33.6 Å². The van der Waals surface area contributed by atoms with Crippen LogP contribution in [0.4, 0.5) is 0 Å². The minimum atomic E-state index is 0.191. The smallest absolute Gasteiger partial charge is 0.220 e. The van der Waals surface area contributed by atoms with Crippen molar-refractivity contribution in [2.24, 2.45) is 5.41 Å². The van der Waals surface area contributed by atoms with Gasteiger partial charge in [0.2, 0.25) is 5.91 Å². The van der Waals surface area contributed by atoms with E-state index in [9.17, 15) is 4.79 Å². The SMILES string of the molecule is CC1(CNC(=O)CCCSc2ccc(Br)cc2)CCNCC1. The van der Waals surface area contributed by atoms with Crippen LogP contribution in [0.1, 0.15) is 32.6 Å². The molecule has 0 aromatic heterocycles. The van der Waals surface area contributed by atoms with Gasteiger partial charge in [0, 0.05) is 22.3 Å². The van der Waals surface area contributed by atoms with E-state index >= 15 is 0 Å².